The van der Waals surface area contributed by atoms with E-state index in [1.807, 2.05) is 0 Å². The van der Waals surface area contributed by atoms with Crippen LogP contribution in [0.25, 0.3) is 0 Å². The Bertz CT molecular complexity index is 789. The highest BCUT2D eigenvalue weighted by atomic mass is 32.5. The lowest BCUT2D eigenvalue weighted by molar-refractivity contribution is -0.384. The zero-order valence-corrected chi connectivity index (χ0v) is 11.7. The standard InChI is InChI=1S/C14H9F4NO2S/c15-22(16,17,18,11-10-12-4-2-1-3-5-12)14-8-6-13(7-9-14)19(20)21/h1-9H. The van der Waals surface area contributed by atoms with Crippen molar-refractivity contribution in [1.82, 2.24) is 0 Å². The highest BCUT2D eigenvalue weighted by Crippen LogP contribution is 3.00. The van der Waals surface area contributed by atoms with Crippen molar-refractivity contribution in [3.8, 4) is 11.2 Å². The predicted octanol–water partition coefficient (Wildman–Crippen LogP) is 5.38. The molecule has 22 heavy (non-hydrogen) atoms. The van der Waals surface area contributed by atoms with Crippen LogP contribution in [0.15, 0.2) is 59.5 Å². The molecule has 0 atom stereocenters. The van der Waals surface area contributed by atoms with Gasteiger partial charge in [-0.25, -0.2) is 0 Å². The van der Waals surface area contributed by atoms with Crippen LogP contribution >= 0.6 is 9.84 Å². The molecular weight excluding hydrogens is 322 g/mol. The first-order chi connectivity index (χ1) is 10.0. The van der Waals surface area contributed by atoms with Crippen molar-refractivity contribution in [2.45, 2.75) is 4.90 Å². The zero-order valence-electron chi connectivity index (χ0n) is 10.9. The number of halogens is 4. The third kappa shape index (κ3) is 3.38. The van der Waals surface area contributed by atoms with Gasteiger partial charge in [0.25, 0.3) is 5.69 Å². The summed E-state index contributed by atoms with van der Waals surface area (Å²) in [5.74, 6) is 1.77. The van der Waals surface area contributed by atoms with E-state index in [1.165, 1.54) is 24.3 Å². The SMILES string of the molecule is O=[N+]([O-])c1ccc(S(F)(F)(F)(F)C#Cc2ccccc2)cc1. The molecule has 0 N–H and O–H groups in total. The van der Waals surface area contributed by atoms with Gasteiger partial charge in [0, 0.05) is 22.9 Å². The van der Waals surface area contributed by atoms with Crippen LogP contribution in [0.5, 0.6) is 0 Å². The minimum absolute atomic E-state index is 0.0139. The van der Waals surface area contributed by atoms with Gasteiger partial charge in [-0.15, -0.1) is 15.5 Å². The van der Waals surface area contributed by atoms with Crippen LogP contribution in [0.3, 0.4) is 0 Å². The Morgan fingerprint density at radius 3 is 1.95 bits per heavy atom. The number of nitro groups is 1. The number of hydrogen-bond acceptors (Lipinski definition) is 2. The average molecular weight is 331 g/mol. The van der Waals surface area contributed by atoms with E-state index >= 15 is 0 Å². The van der Waals surface area contributed by atoms with Crippen LogP contribution in [0.1, 0.15) is 5.56 Å². The summed E-state index contributed by atoms with van der Waals surface area (Å²) in [5, 5.41) is 11.3. The van der Waals surface area contributed by atoms with Gasteiger partial charge in [0.05, 0.1) is 9.82 Å². The second kappa shape index (κ2) is 4.48. The fourth-order valence-corrected chi connectivity index (χ4v) is 2.71. The fraction of sp³-hybridized carbons (Fsp3) is 0. The number of rotatable bonds is 2. The quantitative estimate of drug-likeness (QED) is 0.321. The van der Waals surface area contributed by atoms with Gasteiger partial charge in [-0.05, 0) is 30.2 Å². The Hall–Kier alpha value is -2.53. The maximum Gasteiger partial charge on any atom is 0.269 e. The Balaban J connectivity index is 2.52. The first-order valence-corrected chi connectivity index (χ1v) is 7.90. The monoisotopic (exact) mass is 331 g/mol. The molecule has 0 amide bonds. The second-order valence-corrected chi connectivity index (χ2v) is 7.23. The molecule has 0 fully saturated rings. The summed E-state index contributed by atoms with van der Waals surface area (Å²) in [6, 6.07) is 9.03. The van der Waals surface area contributed by atoms with Gasteiger partial charge in [-0.3, -0.25) is 10.1 Å². The molecule has 0 aromatic heterocycles. The van der Waals surface area contributed by atoms with Gasteiger partial charge in [0.1, 0.15) is 0 Å². The molecule has 8 heteroatoms. The van der Waals surface area contributed by atoms with Crippen molar-refractivity contribution >= 4 is 15.5 Å². The summed E-state index contributed by atoms with van der Waals surface area (Å²) < 4.78 is 56.0. The molecule has 116 valence electrons. The van der Waals surface area contributed by atoms with Gasteiger partial charge in [-0.1, -0.05) is 18.2 Å². The molecule has 3 nitrogen and oxygen atoms in total. The van der Waals surface area contributed by atoms with Crippen LogP contribution in [-0.4, -0.2) is 4.92 Å². The summed E-state index contributed by atoms with van der Waals surface area (Å²) >= 11 is 0. The normalized spacial score (nSPS) is 14.2. The molecule has 0 radical (unpaired) electrons. The number of nitro benzene ring substituents is 1. The van der Waals surface area contributed by atoms with Crippen LogP contribution in [0, 0.1) is 21.3 Å². The Kier molecular flexibility index (Phi) is 3.23. The largest absolute Gasteiger partial charge is 0.269 e. The Morgan fingerprint density at radius 1 is 0.909 bits per heavy atom. The van der Waals surface area contributed by atoms with Gasteiger partial charge in [0.2, 0.25) is 9.84 Å². The van der Waals surface area contributed by atoms with Gasteiger partial charge in [0.15, 0.2) is 0 Å². The summed E-state index contributed by atoms with van der Waals surface area (Å²) in [6.07, 6.45) is 0. The smallest absolute Gasteiger partial charge is 0.258 e. The summed E-state index contributed by atoms with van der Waals surface area (Å²) in [4.78, 5) is 7.96. The fourth-order valence-electron chi connectivity index (χ4n) is 1.58. The molecule has 2 aromatic rings. The third-order valence-corrected chi connectivity index (χ3v) is 4.43. The van der Waals surface area contributed by atoms with Crippen molar-refractivity contribution in [2.24, 2.45) is 0 Å². The lowest BCUT2D eigenvalue weighted by Gasteiger charge is -2.44. The predicted molar refractivity (Wildman–Crippen MR) is 76.7 cm³/mol. The van der Waals surface area contributed by atoms with Gasteiger partial charge in [-0.2, -0.15) is 0 Å². The minimum Gasteiger partial charge on any atom is -0.258 e. The van der Waals surface area contributed by atoms with Gasteiger partial charge >= 0.3 is 0 Å². The minimum atomic E-state index is -8.83. The van der Waals surface area contributed by atoms with E-state index in [1.54, 1.807) is 12.0 Å². The summed E-state index contributed by atoms with van der Waals surface area (Å²) in [5.41, 5.74) is -0.548. The van der Waals surface area contributed by atoms with E-state index in [2.05, 4.69) is 0 Å². The van der Waals surface area contributed by atoms with Crippen molar-refractivity contribution < 1.29 is 20.5 Å². The molecule has 2 rings (SSSR count). The maximum atomic E-state index is 14.0. The summed E-state index contributed by atoms with van der Waals surface area (Å²) in [6.45, 7) is 0. The number of non-ortho nitro benzene ring substituents is 1. The van der Waals surface area contributed by atoms with Crippen LogP contribution in [0.4, 0.5) is 21.2 Å². The van der Waals surface area contributed by atoms with Crippen molar-refractivity contribution in [3.05, 3.63) is 70.3 Å². The molecule has 0 saturated carbocycles. The zero-order chi connectivity index (χ0) is 16.5. The lowest BCUT2D eigenvalue weighted by atomic mass is 10.2. The Labute approximate surface area is 123 Å². The molecule has 0 spiro atoms. The average Bonchev–Trinajstić information content (AvgIpc) is 2.46. The van der Waals surface area contributed by atoms with Crippen LogP contribution in [0.2, 0.25) is 0 Å². The van der Waals surface area contributed by atoms with Crippen molar-refractivity contribution in [3.63, 3.8) is 0 Å². The lowest BCUT2D eigenvalue weighted by Crippen LogP contribution is -2.11. The first-order valence-electron chi connectivity index (χ1n) is 5.85. The van der Waals surface area contributed by atoms with E-state index in [-0.39, 0.29) is 5.56 Å². The first kappa shape index (κ1) is 15.9. The number of benzene rings is 2. The van der Waals surface area contributed by atoms with Crippen molar-refractivity contribution in [1.29, 1.82) is 0 Å². The molecule has 0 unspecified atom stereocenters. The molecule has 0 saturated heterocycles. The molecule has 2 aromatic carbocycles. The Morgan fingerprint density at radius 2 is 1.45 bits per heavy atom. The molecule has 0 bridgehead atoms. The van der Waals surface area contributed by atoms with E-state index in [0.29, 0.717) is 24.3 Å². The highest BCUT2D eigenvalue weighted by molar-refractivity contribution is 8.53. The molecule has 0 heterocycles. The van der Waals surface area contributed by atoms with Crippen LogP contribution < -0.4 is 0 Å². The van der Waals surface area contributed by atoms with Gasteiger partial charge < -0.3 is 0 Å². The summed E-state index contributed by atoms with van der Waals surface area (Å²) in [7, 11) is -8.83. The molecule has 0 aliphatic rings. The van der Waals surface area contributed by atoms with E-state index in [9.17, 15) is 25.7 Å². The molecule has 0 aliphatic heterocycles. The van der Waals surface area contributed by atoms with E-state index in [0.717, 1.165) is 5.25 Å². The molecule has 0 aliphatic carbocycles. The molecular formula is C14H9F4NO2S. The number of nitrogens with zero attached hydrogens (tertiary/aromatic N) is 1. The van der Waals surface area contributed by atoms with Crippen LogP contribution in [-0.2, 0) is 0 Å². The highest BCUT2D eigenvalue weighted by Gasteiger charge is 2.63. The van der Waals surface area contributed by atoms with E-state index < -0.39 is 25.3 Å². The maximum absolute atomic E-state index is 14.0. The third-order valence-electron chi connectivity index (χ3n) is 2.70. The second-order valence-electron chi connectivity index (χ2n) is 4.41. The topological polar surface area (TPSA) is 43.1 Å². The van der Waals surface area contributed by atoms with E-state index in [4.69, 9.17) is 0 Å². The van der Waals surface area contributed by atoms with Crippen molar-refractivity contribution in [2.75, 3.05) is 0 Å². The number of hydrogen-bond donors (Lipinski definition) is 0.